The Kier molecular flexibility index (Phi) is 3.69. The van der Waals surface area contributed by atoms with Crippen LogP contribution in [0.3, 0.4) is 0 Å². The fourth-order valence-electron chi connectivity index (χ4n) is 2.25. The van der Waals surface area contributed by atoms with Crippen molar-refractivity contribution in [3.8, 4) is 5.75 Å². The van der Waals surface area contributed by atoms with E-state index >= 15 is 0 Å². The van der Waals surface area contributed by atoms with Crippen molar-refractivity contribution in [1.29, 1.82) is 0 Å². The second kappa shape index (κ2) is 5.07. The van der Waals surface area contributed by atoms with Crippen LogP contribution >= 0.6 is 0 Å². The van der Waals surface area contributed by atoms with Gasteiger partial charge in [-0.25, -0.2) is 0 Å². The number of β-amino-alcohol motifs (C(OH)–C–C–N with tert-alkyl or cyclic N) is 1. The highest BCUT2D eigenvalue weighted by Gasteiger charge is 2.31. The highest BCUT2D eigenvalue weighted by atomic mass is 16.5. The molecule has 3 heteroatoms. The molecule has 1 saturated heterocycles. The Morgan fingerprint density at radius 1 is 1.41 bits per heavy atom. The third-order valence-corrected chi connectivity index (χ3v) is 3.08. The van der Waals surface area contributed by atoms with Gasteiger partial charge in [0.15, 0.2) is 0 Å². The minimum atomic E-state index is -0.615. The molecule has 0 radical (unpaired) electrons. The third-order valence-electron chi connectivity index (χ3n) is 3.08. The molecule has 1 fully saturated rings. The van der Waals surface area contributed by atoms with Gasteiger partial charge in [-0.1, -0.05) is 18.2 Å². The molecule has 2 N–H and O–H groups in total. The zero-order valence-corrected chi connectivity index (χ0v) is 10.6. The molecule has 0 aliphatic carbocycles. The highest BCUT2D eigenvalue weighted by molar-refractivity contribution is 5.35. The fourth-order valence-corrected chi connectivity index (χ4v) is 2.25. The highest BCUT2D eigenvalue weighted by Crippen LogP contribution is 2.27. The van der Waals surface area contributed by atoms with Crippen molar-refractivity contribution < 1.29 is 9.84 Å². The Morgan fingerprint density at radius 3 is 2.82 bits per heavy atom. The summed E-state index contributed by atoms with van der Waals surface area (Å²) in [6.07, 6.45) is 1.62. The summed E-state index contributed by atoms with van der Waals surface area (Å²) in [4.78, 5) is 0. The summed E-state index contributed by atoms with van der Waals surface area (Å²) in [5.74, 6) is 0.892. The van der Waals surface area contributed by atoms with Crippen molar-refractivity contribution in [1.82, 2.24) is 5.32 Å². The zero-order chi connectivity index (χ0) is 12.3. The average molecular weight is 235 g/mol. The second-order valence-electron chi connectivity index (χ2n) is 5.10. The molecule has 3 nitrogen and oxygen atoms in total. The standard InChI is InChI=1S/C14H21NO2/c1-11(2)17-13-6-4-3-5-12(13)9-14(16)7-8-15-10-14/h3-6,11,15-16H,7-10H2,1-2H3. The summed E-state index contributed by atoms with van der Waals surface area (Å²) >= 11 is 0. The number of ether oxygens (including phenoxy) is 1. The van der Waals surface area contributed by atoms with Crippen LogP contribution < -0.4 is 10.1 Å². The summed E-state index contributed by atoms with van der Waals surface area (Å²) in [6.45, 7) is 5.60. The number of nitrogens with one attached hydrogen (secondary N) is 1. The van der Waals surface area contributed by atoms with Crippen molar-refractivity contribution in [2.24, 2.45) is 0 Å². The van der Waals surface area contributed by atoms with Gasteiger partial charge in [0, 0.05) is 13.0 Å². The molecule has 1 aliphatic rings. The van der Waals surface area contributed by atoms with Crippen molar-refractivity contribution in [3.63, 3.8) is 0 Å². The summed E-state index contributed by atoms with van der Waals surface area (Å²) < 4.78 is 5.77. The van der Waals surface area contributed by atoms with Crippen LogP contribution in [-0.2, 0) is 6.42 Å². The monoisotopic (exact) mass is 235 g/mol. The quantitative estimate of drug-likeness (QED) is 0.835. The molecule has 1 atom stereocenters. The lowest BCUT2D eigenvalue weighted by Crippen LogP contribution is -2.34. The summed E-state index contributed by atoms with van der Waals surface area (Å²) in [6, 6.07) is 7.97. The van der Waals surface area contributed by atoms with Gasteiger partial charge in [-0.15, -0.1) is 0 Å². The fraction of sp³-hybridized carbons (Fsp3) is 0.571. The van der Waals surface area contributed by atoms with Gasteiger partial charge in [-0.05, 0) is 38.4 Å². The lowest BCUT2D eigenvalue weighted by atomic mass is 9.93. The van der Waals surface area contributed by atoms with Crippen LogP contribution in [0, 0.1) is 0 Å². The van der Waals surface area contributed by atoms with Crippen LogP contribution in [0.5, 0.6) is 5.75 Å². The van der Waals surface area contributed by atoms with E-state index in [-0.39, 0.29) is 6.10 Å². The largest absolute Gasteiger partial charge is 0.491 e. The van der Waals surface area contributed by atoms with E-state index in [0.717, 1.165) is 24.3 Å². The summed E-state index contributed by atoms with van der Waals surface area (Å²) in [5.41, 5.74) is 0.476. The Balaban J connectivity index is 2.14. The van der Waals surface area contributed by atoms with Crippen molar-refractivity contribution >= 4 is 0 Å². The Morgan fingerprint density at radius 2 is 2.18 bits per heavy atom. The van der Waals surface area contributed by atoms with Gasteiger partial charge in [-0.3, -0.25) is 0 Å². The lowest BCUT2D eigenvalue weighted by Gasteiger charge is -2.23. The number of hydrogen-bond donors (Lipinski definition) is 2. The maximum Gasteiger partial charge on any atom is 0.122 e. The molecular weight excluding hydrogens is 214 g/mol. The summed E-state index contributed by atoms with van der Waals surface area (Å²) in [5, 5.41) is 13.6. The summed E-state index contributed by atoms with van der Waals surface area (Å²) in [7, 11) is 0. The van der Waals surface area contributed by atoms with Crippen LogP contribution in [0.1, 0.15) is 25.8 Å². The molecular formula is C14H21NO2. The van der Waals surface area contributed by atoms with Crippen LogP contribution in [0.4, 0.5) is 0 Å². The molecule has 0 bridgehead atoms. The van der Waals surface area contributed by atoms with Gasteiger partial charge >= 0.3 is 0 Å². The number of hydrogen-bond acceptors (Lipinski definition) is 3. The smallest absolute Gasteiger partial charge is 0.122 e. The van der Waals surface area contributed by atoms with Gasteiger partial charge in [0.2, 0.25) is 0 Å². The third kappa shape index (κ3) is 3.20. The first-order chi connectivity index (χ1) is 8.09. The van der Waals surface area contributed by atoms with E-state index in [0.29, 0.717) is 13.0 Å². The molecule has 1 aromatic carbocycles. The molecule has 2 rings (SSSR count). The van der Waals surface area contributed by atoms with E-state index in [9.17, 15) is 5.11 Å². The minimum absolute atomic E-state index is 0.160. The number of benzene rings is 1. The molecule has 1 unspecified atom stereocenters. The van der Waals surface area contributed by atoms with E-state index in [1.165, 1.54) is 0 Å². The number of rotatable bonds is 4. The molecule has 17 heavy (non-hydrogen) atoms. The van der Waals surface area contributed by atoms with Crippen molar-refractivity contribution in [3.05, 3.63) is 29.8 Å². The van der Waals surface area contributed by atoms with Crippen LogP contribution in [0.25, 0.3) is 0 Å². The lowest BCUT2D eigenvalue weighted by molar-refractivity contribution is 0.0607. The predicted molar refractivity (Wildman–Crippen MR) is 68.3 cm³/mol. The molecule has 0 saturated carbocycles. The van der Waals surface area contributed by atoms with Crippen molar-refractivity contribution in [2.45, 2.75) is 38.4 Å². The van der Waals surface area contributed by atoms with E-state index < -0.39 is 5.60 Å². The van der Waals surface area contributed by atoms with Crippen LogP contribution in [0.2, 0.25) is 0 Å². The first-order valence-electron chi connectivity index (χ1n) is 6.27. The van der Waals surface area contributed by atoms with E-state index in [1.807, 2.05) is 38.1 Å². The van der Waals surface area contributed by atoms with Gasteiger partial charge in [-0.2, -0.15) is 0 Å². The number of aliphatic hydroxyl groups is 1. The Hall–Kier alpha value is -1.06. The van der Waals surface area contributed by atoms with E-state index in [1.54, 1.807) is 0 Å². The normalized spacial score (nSPS) is 24.2. The van der Waals surface area contributed by atoms with Gasteiger partial charge in [0.05, 0.1) is 11.7 Å². The second-order valence-corrected chi connectivity index (χ2v) is 5.10. The molecule has 0 aromatic heterocycles. The minimum Gasteiger partial charge on any atom is -0.491 e. The van der Waals surface area contributed by atoms with E-state index in [4.69, 9.17) is 4.74 Å². The maximum atomic E-state index is 10.4. The van der Waals surface area contributed by atoms with Gasteiger partial charge in [0.25, 0.3) is 0 Å². The predicted octanol–water partition coefficient (Wildman–Crippen LogP) is 1.74. The van der Waals surface area contributed by atoms with Gasteiger partial charge in [0.1, 0.15) is 5.75 Å². The maximum absolute atomic E-state index is 10.4. The van der Waals surface area contributed by atoms with Gasteiger partial charge < -0.3 is 15.2 Å². The topological polar surface area (TPSA) is 41.5 Å². The Labute approximate surface area is 103 Å². The molecule has 1 aromatic rings. The average Bonchev–Trinajstić information content (AvgIpc) is 2.67. The zero-order valence-electron chi connectivity index (χ0n) is 10.6. The SMILES string of the molecule is CC(C)Oc1ccccc1CC1(O)CCNC1. The molecule has 1 aliphatic heterocycles. The van der Waals surface area contributed by atoms with Crippen molar-refractivity contribution in [2.75, 3.05) is 13.1 Å². The molecule has 0 spiro atoms. The van der Waals surface area contributed by atoms with E-state index in [2.05, 4.69) is 5.32 Å². The number of para-hydroxylation sites is 1. The molecule has 94 valence electrons. The first-order valence-corrected chi connectivity index (χ1v) is 6.27. The Bertz CT molecular complexity index is 370. The van der Waals surface area contributed by atoms with Crippen LogP contribution in [0.15, 0.2) is 24.3 Å². The molecule has 1 heterocycles. The van der Waals surface area contributed by atoms with Crippen LogP contribution in [-0.4, -0.2) is 29.9 Å². The molecule has 0 amide bonds. The first kappa shape index (κ1) is 12.4.